The van der Waals surface area contributed by atoms with E-state index in [0.29, 0.717) is 16.6 Å². The topological polar surface area (TPSA) is 55.2 Å². The summed E-state index contributed by atoms with van der Waals surface area (Å²) in [5.41, 5.74) is 0.979. The Kier molecular flexibility index (Phi) is 5.01. The highest BCUT2D eigenvalue weighted by atomic mass is 35.5. The van der Waals surface area contributed by atoms with Crippen LogP contribution >= 0.6 is 22.9 Å². The van der Waals surface area contributed by atoms with Crippen LogP contribution in [0.4, 0.5) is 0 Å². The summed E-state index contributed by atoms with van der Waals surface area (Å²) in [6, 6.07) is 14.5. The highest BCUT2D eigenvalue weighted by molar-refractivity contribution is 7.16. The first-order chi connectivity index (χ1) is 12.0. The van der Waals surface area contributed by atoms with E-state index in [9.17, 15) is 9.59 Å². The van der Waals surface area contributed by atoms with Crippen molar-refractivity contribution in [1.82, 2.24) is 14.7 Å². The average Bonchev–Trinajstić information content (AvgIpc) is 3.00. The van der Waals surface area contributed by atoms with Gasteiger partial charge in [0.2, 0.25) is 5.43 Å². The van der Waals surface area contributed by atoms with Gasteiger partial charge in [0.25, 0.3) is 5.91 Å². The third kappa shape index (κ3) is 3.81. The van der Waals surface area contributed by atoms with Crippen molar-refractivity contribution in [3.63, 3.8) is 0 Å². The third-order valence-electron chi connectivity index (χ3n) is 3.68. The van der Waals surface area contributed by atoms with Crippen LogP contribution in [-0.2, 0) is 6.54 Å². The van der Waals surface area contributed by atoms with Crippen LogP contribution in [0.1, 0.15) is 21.1 Å². The van der Waals surface area contributed by atoms with Gasteiger partial charge in [0.1, 0.15) is 0 Å². The first-order valence-corrected chi connectivity index (χ1v) is 8.81. The van der Waals surface area contributed by atoms with Gasteiger partial charge in [-0.1, -0.05) is 29.8 Å². The molecule has 0 fully saturated rings. The minimum Gasteiger partial charge on any atom is -0.335 e. The van der Waals surface area contributed by atoms with E-state index in [1.54, 1.807) is 24.7 Å². The summed E-state index contributed by atoms with van der Waals surface area (Å²) in [6.07, 6.45) is 0. The molecule has 5 nitrogen and oxygen atoms in total. The van der Waals surface area contributed by atoms with Gasteiger partial charge in [0.15, 0.2) is 5.69 Å². The maximum absolute atomic E-state index is 12.7. The molecule has 1 amide bonds. The Labute approximate surface area is 154 Å². The normalized spacial score (nSPS) is 10.7. The van der Waals surface area contributed by atoms with Gasteiger partial charge in [-0.05, 0) is 31.2 Å². The van der Waals surface area contributed by atoms with Crippen molar-refractivity contribution >= 4 is 28.8 Å². The van der Waals surface area contributed by atoms with E-state index < -0.39 is 5.91 Å². The quantitative estimate of drug-likeness (QED) is 0.703. The summed E-state index contributed by atoms with van der Waals surface area (Å²) in [5, 5.41) is 4.30. The molecule has 2 heterocycles. The van der Waals surface area contributed by atoms with E-state index in [-0.39, 0.29) is 11.1 Å². The van der Waals surface area contributed by atoms with Crippen LogP contribution < -0.4 is 5.43 Å². The largest absolute Gasteiger partial charge is 0.335 e. The fourth-order valence-corrected chi connectivity index (χ4v) is 3.59. The molecule has 0 spiro atoms. The maximum atomic E-state index is 12.7. The Balaban J connectivity index is 1.93. The maximum Gasteiger partial charge on any atom is 0.278 e. The van der Waals surface area contributed by atoms with Crippen molar-refractivity contribution in [3.8, 4) is 5.69 Å². The summed E-state index contributed by atoms with van der Waals surface area (Å²) in [4.78, 5) is 27.4. The molecule has 0 aliphatic carbocycles. The number of benzene rings is 1. The Morgan fingerprint density at radius 2 is 1.96 bits per heavy atom. The third-order valence-corrected chi connectivity index (χ3v) is 4.90. The Morgan fingerprint density at radius 1 is 1.24 bits per heavy atom. The van der Waals surface area contributed by atoms with Gasteiger partial charge in [0, 0.05) is 23.7 Å². The predicted octanol–water partition coefficient (Wildman–Crippen LogP) is 3.53. The second kappa shape index (κ2) is 7.21. The zero-order valence-corrected chi connectivity index (χ0v) is 15.3. The van der Waals surface area contributed by atoms with Crippen LogP contribution in [0.25, 0.3) is 5.69 Å². The number of hydrogen-bond donors (Lipinski definition) is 0. The molecule has 0 aliphatic rings. The van der Waals surface area contributed by atoms with E-state index in [1.165, 1.54) is 22.3 Å². The minimum absolute atomic E-state index is 0.0976. The van der Waals surface area contributed by atoms with Gasteiger partial charge in [-0.25, -0.2) is 4.68 Å². The van der Waals surface area contributed by atoms with Crippen molar-refractivity contribution in [3.05, 3.63) is 79.4 Å². The van der Waals surface area contributed by atoms with Crippen LogP contribution in [0.15, 0.2) is 53.3 Å². The number of amides is 1. The Morgan fingerprint density at radius 3 is 2.60 bits per heavy atom. The lowest BCUT2D eigenvalue weighted by atomic mass is 10.2. The fraction of sp³-hybridized carbons (Fsp3) is 0.167. The molecular weight excluding hydrogens is 358 g/mol. The molecule has 7 heteroatoms. The van der Waals surface area contributed by atoms with E-state index in [0.717, 1.165) is 10.6 Å². The number of carbonyl (C=O) groups is 1. The molecule has 0 atom stereocenters. The summed E-state index contributed by atoms with van der Waals surface area (Å²) in [7, 11) is 1.64. The monoisotopic (exact) mass is 373 g/mol. The lowest BCUT2D eigenvalue weighted by Gasteiger charge is -2.17. The highest BCUT2D eigenvalue weighted by Gasteiger charge is 2.19. The molecule has 0 saturated carbocycles. The van der Waals surface area contributed by atoms with E-state index in [2.05, 4.69) is 5.10 Å². The van der Waals surface area contributed by atoms with Crippen molar-refractivity contribution < 1.29 is 4.79 Å². The number of carbonyl (C=O) groups excluding carboxylic acids is 1. The van der Waals surface area contributed by atoms with Crippen molar-refractivity contribution in [1.29, 1.82) is 0 Å². The first-order valence-electron chi connectivity index (χ1n) is 7.62. The average molecular weight is 374 g/mol. The van der Waals surface area contributed by atoms with Crippen molar-refractivity contribution in [2.24, 2.45) is 0 Å². The van der Waals surface area contributed by atoms with Crippen LogP contribution in [0, 0.1) is 6.92 Å². The minimum atomic E-state index is -0.417. The molecule has 3 aromatic rings. The number of hydrogen-bond acceptors (Lipinski definition) is 4. The fourth-order valence-electron chi connectivity index (χ4n) is 2.45. The van der Waals surface area contributed by atoms with E-state index >= 15 is 0 Å². The number of thiophene rings is 1. The summed E-state index contributed by atoms with van der Waals surface area (Å²) >= 11 is 7.32. The first kappa shape index (κ1) is 17.4. The summed E-state index contributed by atoms with van der Waals surface area (Å²) in [5.74, 6) is -0.417. The molecule has 0 bridgehead atoms. The van der Waals surface area contributed by atoms with Crippen molar-refractivity contribution in [2.75, 3.05) is 7.05 Å². The number of aromatic nitrogens is 2. The van der Waals surface area contributed by atoms with Gasteiger partial charge in [-0.3, -0.25) is 9.59 Å². The molecular formula is C18H16ClN3O2S. The smallest absolute Gasteiger partial charge is 0.278 e. The van der Waals surface area contributed by atoms with Gasteiger partial charge < -0.3 is 4.90 Å². The van der Waals surface area contributed by atoms with Crippen molar-refractivity contribution in [2.45, 2.75) is 13.5 Å². The van der Waals surface area contributed by atoms with Gasteiger partial charge in [-0.15, -0.1) is 11.3 Å². The number of halogens is 1. The van der Waals surface area contributed by atoms with Crippen LogP contribution in [0.5, 0.6) is 0 Å². The molecule has 0 unspecified atom stereocenters. The van der Waals surface area contributed by atoms with Gasteiger partial charge in [0.05, 0.1) is 16.6 Å². The number of nitrogens with zero attached hydrogens (tertiary/aromatic N) is 3. The molecule has 1 aromatic carbocycles. The molecule has 0 N–H and O–H groups in total. The summed E-state index contributed by atoms with van der Waals surface area (Å²) < 4.78 is 2.26. The number of aryl methyl sites for hydroxylation is 1. The zero-order chi connectivity index (χ0) is 18.0. The molecule has 0 radical (unpaired) electrons. The molecule has 0 aliphatic heterocycles. The molecule has 3 rings (SSSR count). The van der Waals surface area contributed by atoms with Crippen LogP contribution in [0.3, 0.4) is 0 Å². The SMILES string of the molecule is Cc1cc(=O)c(C(=O)N(C)Cc2ccc(Cl)s2)nn1-c1ccccc1. The van der Waals surface area contributed by atoms with Crippen LogP contribution in [-0.4, -0.2) is 27.6 Å². The Hall–Kier alpha value is -2.44. The summed E-state index contributed by atoms with van der Waals surface area (Å²) in [6.45, 7) is 2.16. The van der Waals surface area contributed by atoms with Crippen LogP contribution in [0.2, 0.25) is 4.34 Å². The lowest BCUT2D eigenvalue weighted by molar-refractivity contribution is 0.0777. The number of rotatable bonds is 4. The molecule has 2 aromatic heterocycles. The zero-order valence-electron chi connectivity index (χ0n) is 13.8. The standard InChI is InChI=1S/C18H16ClN3O2S/c1-12-10-15(23)17(20-22(12)13-6-4-3-5-7-13)18(24)21(2)11-14-8-9-16(19)25-14/h3-10H,11H2,1-2H3. The molecule has 128 valence electrons. The lowest BCUT2D eigenvalue weighted by Crippen LogP contribution is -2.33. The predicted molar refractivity (Wildman–Crippen MR) is 99.7 cm³/mol. The van der Waals surface area contributed by atoms with Gasteiger partial charge >= 0.3 is 0 Å². The molecule has 0 saturated heterocycles. The molecule has 25 heavy (non-hydrogen) atoms. The highest BCUT2D eigenvalue weighted by Crippen LogP contribution is 2.22. The second-order valence-corrected chi connectivity index (χ2v) is 7.41. The number of para-hydroxylation sites is 1. The van der Waals surface area contributed by atoms with E-state index in [4.69, 9.17) is 11.6 Å². The second-order valence-electron chi connectivity index (χ2n) is 5.61. The Bertz CT molecular complexity index is 966. The van der Waals surface area contributed by atoms with Gasteiger partial charge in [-0.2, -0.15) is 5.10 Å². The van der Waals surface area contributed by atoms with E-state index in [1.807, 2.05) is 36.4 Å².